The molecular formula is C24H28N2O. The minimum absolute atomic E-state index is 0.391. The third-order valence-electron chi connectivity index (χ3n) is 6.84. The lowest BCUT2D eigenvalue weighted by atomic mass is 9.75. The van der Waals surface area contributed by atoms with Gasteiger partial charge in [-0.05, 0) is 55.1 Å². The summed E-state index contributed by atoms with van der Waals surface area (Å²) in [6, 6.07) is 19.8. The Hall–Kier alpha value is -2.10. The Kier molecular flexibility index (Phi) is 4.50. The molecule has 4 aliphatic rings. The van der Waals surface area contributed by atoms with Crippen LogP contribution in [-0.2, 0) is 0 Å². The second-order valence-corrected chi connectivity index (χ2v) is 8.32. The molecule has 0 aliphatic carbocycles. The van der Waals surface area contributed by atoms with Crippen molar-refractivity contribution in [1.82, 2.24) is 9.80 Å². The Morgan fingerprint density at radius 2 is 1.78 bits per heavy atom. The highest BCUT2D eigenvalue weighted by molar-refractivity contribution is 5.49. The topological polar surface area (TPSA) is 26.7 Å². The van der Waals surface area contributed by atoms with Gasteiger partial charge < -0.3 is 5.11 Å². The van der Waals surface area contributed by atoms with E-state index in [-0.39, 0.29) is 0 Å². The zero-order chi connectivity index (χ0) is 18.2. The van der Waals surface area contributed by atoms with Crippen LogP contribution in [-0.4, -0.2) is 53.2 Å². The Labute approximate surface area is 161 Å². The van der Waals surface area contributed by atoms with Crippen LogP contribution < -0.4 is 0 Å². The third kappa shape index (κ3) is 3.19. The van der Waals surface area contributed by atoms with Crippen LogP contribution >= 0.6 is 0 Å². The molecule has 4 heterocycles. The fourth-order valence-electron chi connectivity index (χ4n) is 5.69. The number of phenols is 1. The Morgan fingerprint density at radius 3 is 2.56 bits per heavy atom. The number of benzene rings is 2. The normalized spacial score (nSPS) is 32.8. The molecule has 2 aromatic rings. The van der Waals surface area contributed by atoms with Crippen molar-refractivity contribution in [3.8, 4) is 5.75 Å². The van der Waals surface area contributed by atoms with Gasteiger partial charge in [0.25, 0.3) is 0 Å². The van der Waals surface area contributed by atoms with Crippen LogP contribution in [0.1, 0.15) is 29.9 Å². The van der Waals surface area contributed by atoms with Crippen LogP contribution in [0, 0.1) is 5.92 Å². The van der Waals surface area contributed by atoms with Crippen LogP contribution in [0.3, 0.4) is 0 Å². The molecule has 3 nitrogen and oxygen atoms in total. The van der Waals surface area contributed by atoms with E-state index < -0.39 is 0 Å². The van der Waals surface area contributed by atoms with Crippen LogP contribution in [0.15, 0.2) is 60.7 Å². The molecule has 3 atom stereocenters. The van der Waals surface area contributed by atoms with E-state index in [9.17, 15) is 5.11 Å². The minimum Gasteiger partial charge on any atom is -0.508 e. The summed E-state index contributed by atoms with van der Waals surface area (Å²) in [4.78, 5) is 5.43. The molecule has 0 unspecified atom stereocenters. The molecule has 6 rings (SSSR count). The van der Waals surface area contributed by atoms with E-state index in [1.54, 1.807) is 6.07 Å². The van der Waals surface area contributed by atoms with Gasteiger partial charge in [0.15, 0.2) is 0 Å². The first-order valence-electron chi connectivity index (χ1n) is 10.3. The smallest absolute Gasteiger partial charge is 0.115 e. The molecule has 0 aromatic heterocycles. The maximum Gasteiger partial charge on any atom is 0.115 e. The van der Waals surface area contributed by atoms with Gasteiger partial charge in [-0.2, -0.15) is 0 Å². The van der Waals surface area contributed by atoms with Crippen LogP contribution in [0.2, 0.25) is 0 Å². The summed E-state index contributed by atoms with van der Waals surface area (Å²) in [6.45, 7) is 4.59. The summed E-state index contributed by atoms with van der Waals surface area (Å²) in [5.41, 5.74) is 2.57. The lowest BCUT2D eigenvalue weighted by Gasteiger charge is -2.51. The van der Waals surface area contributed by atoms with Gasteiger partial charge in [-0.15, -0.1) is 0 Å². The van der Waals surface area contributed by atoms with Crippen molar-refractivity contribution < 1.29 is 5.11 Å². The maximum absolute atomic E-state index is 10.00. The molecule has 2 aromatic carbocycles. The second-order valence-electron chi connectivity index (χ2n) is 8.32. The summed E-state index contributed by atoms with van der Waals surface area (Å²) in [5, 5.41) is 10.00. The molecule has 3 heteroatoms. The first kappa shape index (κ1) is 17.0. The number of phenolic OH excluding ortho intramolecular Hbond substituents is 1. The quantitative estimate of drug-likeness (QED) is 0.894. The van der Waals surface area contributed by atoms with Crippen molar-refractivity contribution in [1.29, 1.82) is 0 Å². The molecule has 4 aliphatic heterocycles. The fourth-order valence-corrected chi connectivity index (χ4v) is 5.69. The van der Waals surface area contributed by atoms with Gasteiger partial charge >= 0.3 is 0 Å². The van der Waals surface area contributed by atoms with Gasteiger partial charge in [0.2, 0.25) is 0 Å². The van der Waals surface area contributed by atoms with Crippen molar-refractivity contribution in [2.24, 2.45) is 5.92 Å². The SMILES string of the molecule is Oc1cccc([C@@H]2CN(CC=Cc3ccccc3)[C@@H]3C4CCN(CC4)[C@@H]32)c1. The van der Waals surface area contributed by atoms with Crippen LogP contribution in [0.4, 0.5) is 0 Å². The molecular weight excluding hydrogens is 332 g/mol. The molecule has 2 bridgehead atoms. The molecule has 1 N–H and O–H groups in total. The number of fused-ring (bicyclic) bond motifs is 2. The number of piperidine rings is 3. The molecule has 0 amide bonds. The lowest BCUT2D eigenvalue weighted by molar-refractivity contribution is -0.00348. The second kappa shape index (κ2) is 7.14. The van der Waals surface area contributed by atoms with Gasteiger partial charge in [0.1, 0.15) is 5.75 Å². The van der Waals surface area contributed by atoms with E-state index in [4.69, 9.17) is 0 Å². The predicted octanol–water partition coefficient (Wildman–Crippen LogP) is 3.97. The molecule has 4 saturated heterocycles. The average molecular weight is 361 g/mol. The number of aromatic hydroxyl groups is 1. The highest BCUT2D eigenvalue weighted by atomic mass is 16.3. The highest BCUT2D eigenvalue weighted by Crippen LogP contribution is 2.46. The van der Waals surface area contributed by atoms with Crippen molar-refractivity contribution in [2.75, 3.05) is 26.2 Å². The van der Waals surface area contributed by atoms with Gasteiger partial charge in [-0.3, -0.25) is 9.80 Å². The minimum atomic E-state index is 0.391. The monoisotopic (exact) mass is 360 g/mol. The summed E-state index contributed by atoms with van der Waals surface area (Å²) in [6.07, 6.45) is 7.26. The summed E-state index contributed by atoms with van der Waals surface area (Å²) >= 11 is 0. The maximum atomic E-state index is 10.00. The van der Waals surface area contributed by atoms with Gasteiger partial charge in [0.05, 0.1) is 0 Å². The van der Waals surface area contributed by atoms with Gasteiger partial charge in [0, 0.05) is 31.1 Å². The average Bonchev–Trinajstić information content (AvgIpc) is 3.12. The summed E-state index contributed by atoms with van der Waals surface area (Å²) in [7, 11) is 0. The largest absolute Gasteiger partial charge is 0.508 e. The zero-order valence-corrected chi connectivity index (χ0v) is 15.7. The molecule has 0 spiro atoms. The highest BCUT2D eigenvalue weighted by Gasteiger charge is 2.52. The van der Waals surface area contributed by atoms with E-state index in [0.29, 0.717) is 23.8 Å². The number of hydrogen-bond donors (Lipinski definition) is 1. The fraction of sp³-hybridized carbons (Fsp3) is 0.417. The van der Waals surface area contributed by atoms with Gasteiger partial charge in [-0.1, -0.05) is 54.6 Å². The van der Waals surface area contributed by atoms with E-state index in [2.05, 4.69) is 58.4 Å². The van der Waals surface area contributed by atoms with E-state index >= 15 is 0 Å². The van der Waals surface area contributed by atoms with Crippen molar-refractivity contribution in [2.45, 2.75) is 30.8 Å². The zero-order valence-electron chi connectivity index (χ0n) is 15.7. The van der Waals surface area contributed by atoms with Crippen molar-refractivity contribution in [3.63, 3.8) is 0 Å². The molecule has 4 fully saturated rings. The first-order valence-corrected chi connectivity index (χ1v) is 10.3. The van der Waals surface area contributed by atoms with Crippen molar-refractivity contribution >= 4 is 6.08 Å². The Balaban J connectivity index is 1.40. The van der Waals surface area contributed by atoms with E-state index in [1.807, 2.05) is 12.1 Å². The standard InChI is InChI=1S/C24H28N2O/c27-21-10-4-9-20(16-21)22-17-26(13-5-8-18-6-2-1-3-7-18)23-19-11-14-25(15-12-19)24(22)23/h1-10,16,19,22-24,27H,11-15,17H2/t22-,23+,24+/m0/s1. The molecule has 27 heavy (non-hydrogen) atoms. The number of hydrogen-bond acceptors (Lipinski definition) is 3. The third-order valence-corrected chi connectivity index (χ3v) is 6.84. The number of nitrogens with zero attached hydrogens (tertiary/aromatic N) is 2. The molecule has 0 saturated carbocycles. The summed E-state index contributed by atoms with van der Waals surface area (Å²) in [5.74, 6) is 1.71. The molecule has 140 valence electrons. The Bertz CT molecular complexity index is 810. The summed E-state index contributed by atoms with van der Waals surface area (Å²) < 4.78 is 0. The predicted molar refractivity (Wildman–Crippen MR) is 110 cm³/mol. The Morgan fingerprint density at radius 1 is 0.963 bits per heavy atom. The lowest BCUT2D eigenvalue weighted by Crippen LogP contribution is -2.60. The number of likely N-dealkylation sites (tertiary alicyclic amines) is 1. The molecule has 0 radical (unpaired) electrons. The van der Waals surface area contributed by atoms with Crippen LogP contribution in [0.25, 0.3) is 6.08 Å². The van der Waals surface area contributed by atoms with E-state index in [0.717, 1.165) is 19.0 Å². The first-order chi connectivity index (χ1) is 13.3. The van der Waals surface area contributed by atoms with E-state index in [1.165, 1.54) is 37.1 Å². The van der Waals surface area contributed by atoms with Crippen molar-refractivity contribution in [3.05, 3.63) is 71.8 Å². The van der Waals surface area contributed by atoms with Gasteiger partial charge in [-0.25, -0.2) is 0 Å². The number of rotatable bonds is 4. The van der Waals surface area contributed by atoms with Crippen LogP contribution in [0.5, 0.6) is 5.75 Å².